The zero-order chi connectivity index (χ0) is 28.9. The Kier molecular flexibility index (Phi) is 9.16. The molecular formula is C30H37N5O5S. The highest BCUT2D eigenvalue weighted by Gasteiger charge is 2.29. The molecule has 218 valence electrons. The van der Waals surface area contributed by atoms with Gasteiger partial charge in [-0.25, -0.2) is 0 Å². The van der Waals surface area contributed by atoms with E-state index in [0.717, 1.165) is 29.7 Å². The lowest BCUT2D eigenvalue weighted by Gasteiger charge is -2.34. The Labute approximate surface area is 243 Å². The minimum atomic E-state index is -0.972. The number of ether oxygens (including phenoxy) is 2. The molecule has 1 aromatic heterocycles. The third-order valence-electron chi connectivity index (χ3n) is 7.49. The Balaban J connectivity index is 1.16. The van der Waals surface area contributed by atoms with Gasteiger partial charge in [0.05, 0.1) is 25.9 Å². The van der Waals surface area contributed by atoms with Crippen molar-refractivity contribution in [1.82, 2.24) is 24.3 Å². The molecule has 0 radical (unpaired) electrons. The maximum Gasteiger partial charge on any atom is 0.269 e. The summed E-state index contributed by atoms with van der Waals surface area (Å²) >= 11 is -0.972. The van der Waals surface area contributed by atoms with Gasteiger partial charge in [0.25, 0.3) is 11.8 Å². The van der Waals surface area contributed by atoms with Crippen molar-refractivity contribution in [1.29, 1.82) is 0 Å². The summed E-state index contributed by atoms with van der Waals surface area (Å²) in [7, 11) is 3.37. The Bertz CT molecular complexity index is 1370. The molecule has 10 nitrogen and oxygen atoms in total. The van der Waals surface area contributed by atoms with Gasteiger partial charge in [0.15, 0.2) is 11.5 Å². The quantitative estimate of drug-likeness (QED) is 0.347. The number of carbonyl (C=O) groups is 2. The number of amides is 2. The molecule has 2 aromatic carbocycles. The van der Waals surface area contributed by atoms with Crippen LogP contribution in [0.1, 0.15) is 63.4 Å². The zero-order valence-electron chi connectivity index (χ0n) is 23.8. The van der Waals surface area contributed by atoms with Crippen LogP contribution in [0.4, 0.5) is 0 Å². The number of rotatable bonds is 11. The summed E-state index contributed by atoms with van der Waals surface area (Å²) in [6, 6.07) is 14.9. The first-order chi connectivity index (χ1) is 19.9. The van der Waals surface area contributed by atoms with E-state index < -0.39 is 11.4 Å². The highest BCUT2D eigenvalue weighted by atomic mass is 32.2. The van der Waals surface area contributed by atoms with Gasteiger partial charge in [-0.1, -0.05) is 24.3 Å². The molecule has 1 N–H and O–H groups in total. The maximum absolute atomic E-state index is 13.0. The molecule has 2 heterocycles. The number of para-hydroxylation sites is 1. The number of hydrogen-bond donors (Lipinski definition) is 1. The second-order valence-corrected chi connectivity index (χ2v) is 12.0. The third-order valence-corrected chi connectivity index (χ3v) is 8.92. The van der Waals surface area contributed by atoms with Crippen molar-refractivity contribution in [3.05, 3.63) is 76.6 Å². The van der Waals surface area contributed by atoms with E-state index in [0.29, 0.717) is 67.2 Å². The highest BCUT2D eigenvalue weighted by Crippen LogP contribution is 2.39. The van der Waals surface area contributed by atoms with Crippen molar-refractivity contribution in [2.75, 3.05) is 39.0 Å². The van der Waals surface area contributed by atoms with Crippen LogP contribution < -0.4 is 14.8 Å². The second-order valence-electron chi connectivity index (χ2n) is 10.3. The zero-order valence-corrected chi connectivity index (χ0v) is 24.6. The maximum atomic E-state index is 13.0. The summed E-state index contributed by atoms with van der Waals surface area (Å²) < 4.78 is 27.3. The summed E-state index contributed by atoms with van der Waals surface area (Å²) in [5.41, 5.74) is 3.84. The van der Waals surface area contributed by atoms with Gasteiger partial charge < -0.3 is 24.2 Å². The molecule has 41 heavy (non-hydrogen) atoms. The number of hydrogen-bond acceptors (Lipinski definition) is 7. The van der Waals surface area contributed by atoms with Crippen LogP contribution in [0.25, 0.3) is 0 Å². The van der Waals surface area contributed by atoms with Gasteiger partial charge in [-0.3, -0.25) is 14.3 Å². The highest BCUT2D eigenvalue weighted by molar-refractivity contribution is 7.89. The molecule has 0 bridgehead atoms. The molecule has 0 spiro atoms. The Morgan fingerprint density at radius 1 is 1.10 bits per heavy atom. The number of aryl methyl sites for hydroxylation is 1. The fourth-order valence-electron chi connectivity index (χ4n) is 4.96. The molecule has 2 aliphatic rings. The van der Waals surface area contributed by atoms with Crippen LogP contribution in [-0.4, -0.2) is 74.4 Å². The monoisotopic (exact) mass is 579 g/mol. The molecule has 1 atom stereocenters. The van der Waals surface area contributed by atoms with Crippen molar-refractivity contribution in [3.63, 3.8) is 0 Å². The summed E-state index contributed by atoms with van der Waals surface area (Å²) in [6.07, 6.45) is 2.26. The molecule has 5 rings (SSSR count). The molecule has 1 saturated carbocycles. The van der Waals surface area contributed by atoms with E-state index in [-0.39, 0.29) is 18.4 Å². The minimum Gasteiger partial charge on any atom is -0.598 e. The summed E-state index contributed by atoms with van der Waals surface area (Å²) in [4.78, 5) is 27.6. The summed E-state index contributed by atoms with van der Waals surface area (Å²) in [5.74, 6) is 1.99. The van der Waals surface area contributed by atoms with E-state index in [1.807, 2.05) is 64.7 Å². The average Bonchev–Trinajstić information content (AvgIpc) is 3.79. The van der Waals surface area contributed by atoms with Gasteiger partial charge in [0.2, 0.25) is 0 Å². The normalized spacial score (nSPS) is 16.3. The predicted molar refractivity (Wildman–Crippen MR) is 156 cm³/mol. The van der Waals surface area contributed by atoms with E-state index in [9.17, 15) is 14.1 Å². The predicted octanol–water partition coefficient (Wildman–Crippen LogP) is 3.26. The van der Waals surface area contributed by atoms with E-state index in [4.69, 9.17) is 9.47 Å². The third kappa shape index (κ3) is 6.86. The SMILES string of the molecule is CC[S+]([O-])N1CCN(C(=O)c2ccc(COc3cccc(CNC(=O)c4cc(C5CC5)nn4C)c3OC)cc2)CC1. The Hall–Kier alpha value is -3.54. The van der Waals surface area contributed by atoms with Gasteiger partial charge in [-0.2, -0.15) is 5.10 Å². The van der Waals surface area contributed by atoms with Gasteiger partial charge in [0, 0.05) is 55.1 Å². The van der Waals surface area contributed by atoms with E-state index in [1.54, 1.807) is 18.8 Å². The van der Waals surface area contributed by atoms with Crippen LogP contribution in [0.3, 0.4) is 0 Å². The number of carbonyl (C=O) groups excluding carboxylic acids is 2. The summed E-state index contributed by atoms with van der Waals surface area (Å²) in [6.45, 7) is 4.84. The fourth-order valence-corrected chi connectivity index (χ4v) is 5.89. The molecule has 11 heteroatoms. The topological polar surface area (TPSA) is 112 Å². The van der Waals surface area contributed by atoms with E-state index in [2.05, 4.69) is 10.4 Å². The second kappa shape index (κ2) is 13.0. The minimum absolute atomic E-state index is 0.0225. The molecule has 2 fully saturated rings. The van der Waals surface area contributed by atoms with Crippen LogP contribution in [-0.2, 0) is 31.6 Å². The van der Waals surface area contributed by atoms with Gasteiger partial charge >= 0.3 is 0 Å². The number of piperazine rings is 1. The Morgan fingerprint density at radius 2 is 1.83 bits per heavy atom. The van der Waals surface area contributed by atoms with Crippen LogP contribution >= 0.6 is 0 Å². The average molecular weight is 580 g/mol. The van der Waals surface area contributed by atoms with Crippen LogP contribution in [0.2, 0.25) is 0 Å². The lowest BCUT2D eigenvalue weighted by atomic mass is 10.1. The number of aromatic nitrogens is 2. The van der Waals surface area contributed by atoms with Gasteiger partial charge in [0.1, 0.15) is 18.1 Å². The number of methoxy groups -OCH3 is 1. The number of nitrogens with one attached hydrogen (secondary N) is 1. The molecule has 1 aliphatic heterocycles. The largest absolute Gasteiger partial charge is 0.598 e. The van der Waals surface area contributed by atoms with Crippen molar-refractivity contribution >= 4 is 23.2 Å². The van der Waals surface area contributed by atoms with Gasteiger partial charge in [-0.15, -0.1) is 4.31 Å². The van der Waals surface area contributed by atoms with E-state index in [1.165, 1.54) is 0 Å². The van der Waals surface area contributed by atoms with Crippen LogP contribution in [0.5, 0.6) is 11.5 Å². The molecule has 1 aliphatic carbocycles. The molecule has 3 aromatic rings. The van der Waals surface area contributed by atoms with Crippen molar-refractivity contribution < 1.29 is 23.6 Å². The molecule has 2 amide bonds. The first-order valence-corrected chi connectivity index (χ1v) is 15.3. The first kappa shape index (κ1) is 29.0. The fraction of sp³-hybridized carbons (Fsp3) is 0.433. The van der Waals surface area contributed by atoms with E-state index >= 15 is 0 Å². The number of nitrogens with zero attached hydrogens (tertiary/aromatic N) is 4. The smallest absolute Gasteiger partial charge is 0.269 e. The lowest BCUT2D eigenvalue weighted by molar-refractivity contribution is 0.0698. The van der Waals surface area contributed by atoms with Crippen molar-refractivity contribution in [2.45, 2.75) is 38.8 Å². The van der Waals surface area contributed by atoms with Crippen LogP contribution in [0.15, 0.2) is 48.5 Å². The Morgan fingerprint density at radius 3 is 2.49 bits per heavy atom. The number of benzene rings is 2. The molecule has 1 unspecified atom stereocenters. The molecule has 1 saturated heterocycles. The lowest BCUT2D eigenvalue weighted by Crippen LogP contribution is -2.50. The van der Waals surface area contributed by atoms with Gasteiger partial charge in [-0.05, 0) is 49.6 Å². The van der Waals surface area contributed by atoms with Crippen molar-refractivity contribution in [2.24, 2.45) is 7.05 Å². The first-order valence-electron chi connectivity index (χ1n) is 14.0. The molecular weight excluding hydrogens is 542 g/mol. The summed E-state index contributed by atoms with van der Waals surface area (Å²) in [5, 5.41) is 7.45. The van der Waals surface area contributed by atoms with Crippen LogP contribution in [0, 0.1) is 0 Å². The van der Waals surface area contributed by atoms with Crippen molar-refractivity contribution in [3.8, 4) is 11.5 Å². The standard InChI is InChI=1S/C30H37N5O5S/c1-4-41(38)35-16-14-34(15-17-35)30(37)23-10-8-21(9-11-23)20-40-27-7-5-6-24(28(27)39-3)19-31-29(36)26-18-25(22-12-13-22)32-33(26)2/h5-11,18,22H,4,12-17,19-20H2,1-3H3,(H,31,36).